The number of para-hydroxylation sites is 1. The Kier molecular flexibility index (Phi) is 4.28. The van der Waals surface area contributed by atoms with Gasteiger partial charge in [-0.3, -0.25) is 0 Å². The van der Waals surface area contributed by atoms with Crippen molar-refractivity contribution in [2.75, 3.05) is 0 Å². The average molecular weight is 319 g/mol. The van der Waals surface area contributed by atoms with Crippen LogP contribution in [0.1, 0.15) is 5.56 Å². The normalized spacial score (nSPS) is 9.50. The molecule has 0 aliphatic carbocycles. The van der Waals surface area contributed by atoms with Crippen LogP contribution in [0.2, 0.25) is 0 Å². The summed E-state index contributed by atoms with van der Waals surface area (Å²) < 4.78 is 1.76. The van der Waals surface area contributed by atoms with Gasteiger partial charge in [-0.05, 0) is 11.6 Å². The molecule has 2 aromatic rings. The van der Waals surface area contributed by atoms with Gasteiger partial charge in [0.05, 0.1) is 5.69 Å². The second kappa shape index (κ2) is 5.26. The topological polar surface area (TPSA) is 30.7 Å². The maximum Gasteiger partial charge on any atom is 0.138 e. The van der Waals surface area contributed by atoms with E-state index in [1.165, 1.54) is 11.9 Å². The highest BCUT2D eigenvalue weighted by Crippen LogP contribution is 2.15. The van der Waals surface area contributed by atoms with Crippen molar-refractivity contribution in [3.8, 4) is 5.69 Å². The number of benzene rings is 1. The molecule has 74 valence electrons. The second-order valence-corrected chi connectivity index (χ2v) is 3.16. The summed E-state index contributed by atoms with van der Waals surface area (Å²) in [5.74, 6) is 0. The van der Waals surface area contributed by atoms with Gasteiger partial charge in [-0.1, -0.05) is 34.1 Å². The van der Waals surface area contributed by atoms with Crippen LogP contribution in [0, 0.1) is 0 Å². The summed E-state index contributed by atoms with van der Waals surface area (Å²) in [6.45, 7) is 0. The molecule has 0 saturated carbocycles. The van der Waals surface area contributed by atoms with Crippen molar-refractivity contribution in [1.29, 1.82) is 0 Å². The van der Waals surface area contributed by atoms with E-state index in [-0.39, 0.29) is 17.0 Å². The van der Waals surface area contributed by atoms with Crippen LogP contribution in [-0.4, -0.2) is 14.8 Å². The van der Waals surface area contributed by atoms with E-state index in [1.54, 1.807) is 11.0 Å². The van der Waals surface area contributed by atoms with Gasteiger partial charge in [-0.25, -0.2) is 9.67 Å². The van der Waals surface area contributed by atoms with E-state index in [4.69, 9.17) is 0 Å². The first-order valence-corrected chi connectivity index (χ1v) is 5.03. The first-order valence-electron chi connectivity index (χ1n) is 3.90. The molecule has 2 rings (SSSR count). The Morgan fingerprint density at radius 2 is 2.07 bits per heavy atom. The highest BCUT2D eigenvalue weighted by atomic mass is 79.9. The summed E-state index contributed by atoms with van der Waals surface area (Å²) in [6, 6.07) is 8.08. The molecule has 0 N–H and O–H groups in total. The van der Waals surface area contributed by atoms with Gasteiger partial charge in [-0.2, -0.15) is 5.10 Å². The van der Waals surface area contributed by atoms with E-state index in [9.17, 15) is 0 Å². The number of rotatable bonds is 2. The van der Waals surface area contributed by atoms with Crippen LogP contribution < -0.4 is 0 Å². The SMILES string of the molecule is Br.BrCc1ccccc1-n1cncn1. The maximum atomic E-state index is 4.08. The number of hydrogen-bond acceptors (Lipinski definition) is 2. The molecular formula is C9H9Br2N3. The third kappa shape index (κ3) is 2.22. The van der Waals surface area contributed by atoms with Crippen LogP contribution in [0.5, 0.6) is 0 Å². The minimum absolute atomic E-state index is 0. The van der Waals surface area contributed by atoms with Crippen molar-refractivity contribution in [3.05, 3.63) is 42.5 Å². The Bertz CT molecular complexity index is 387. The molecule has 0 saturated heterocycles. The lowest BCUT2D eigenvalue weighted by Crippen LogP contribution is -1.97. The fraction of sp³-hybridized carbons (Fsp3) is 0.111. The van der Waals surface area contributed by atoms with E-state index >= 15 is 0 Å². The summed E-state index contributed by atoms with van der Waals surface area (Å²) in [4.78, 5) is 3.91. The van der Waals surface area contributed by atoms with Gasteiger partial charge in [0, 0.05) is 5.33 Å². The van der Waals surface area contributed by atoms with Crippen LogP contribution in [0.4, 0.5) is 0 Å². The first-order chi connectivity index (χ1) is 6.42. The van der Waals surface area contributed by atoms with Gasteiger partial charge >= 0.3 is 0 Å². The zero-order valence-electron chi connectivity index (χ0n) is 7.30. The fourth-order valence-corrected chi connectivity index (χ4v) is 1.65. The summed E-state index contributed by atoms with van der Waals surface area (Å²) >= 11 is 3.43. The minimum atomic E-state index is 0. The molecule has 3 nitrogen and oxygen atoms in total. The molecule has 0 bridgehead atoms. The molecule has 14 heavy (non-hydrogen) atoms. The Morgan fingerprint density at radius 3 is 2.71 bits per heavy atom. The fourth-order valence-electron chi connectivity index (χ4n) is 1.18. The molecule has 0 unspecified atom stereocenters. The van der Waals surface area contributed by atoms with Crippen molar-refractivity contribution < 1.29 is 0 Å². The number of nitrogens with zero attached hydrogens (tertiary/aromatic N) is 3. The van der Waals surface area contributed by atoms with Gasteiger partial charge in [-0.15, -0.1) is 17.0 Å². The third-order valence-corrected chi connectivity index (χ3v) is 2.41. The Morgan fingerprint density at radius 1 is 1.29 bits per heavy atom. The largest absolute Gasteiger partial charge is 0.223 e. The summed E-state index contributed by atoms with van der Waals surface area (Å²) in [6.07, 6.45) is 3.23. The van der Waals surface area contributed by atoms with Crippen LogP contribution in [0.25, 0.3) is 5.69 Å². The molecule has 1 heterocycles. The molecule has 0 amide bonds. The lowest BCUT2D eigenvalue weighted by atomic mass is 10.2. The molecule has 0 spiro atoms. The van der Waals surface area contributed by atoms with Crippen molar-refractivity contribution in [2.45, 2.75) is 5.33 Å². The molecule has 0 aliphatic rings. The standard InChI is InChI=1S/C9H8BrN3.BrH/c10-5-8-3-1-2-4-9(8)13-7-11-6-12-13;/h1-4,6-7H,5H2;1H. The molecule has 0 atom stereocenters. The molecule has 0 aliphatic heterocycles. The molecule has 0 fully saturated rings. The monoisotopic (exact) mass is 317 g/mol. The van der Waals surface area contributed by atoms with Crippen molar-refractivity contribution in [1.82, 2.24) is 14.8 Å². The Balaban J connectivity index is 0.000000980. The van der Waals surface area contributed by atoms with Crippen molar-refractivity contribution in [3.63, 3.8) is 0 Å². The van der Waals surface area contributed by atoms with Gasteiger partial charge in [0.15, 0.2) is 0 Å². The predicted molar refractivity (Wildman–Crippen MR) is 64.3 cm³/mol. The molecule has 5 heteroatoms. The average Bonchev–Trinajstić information content (AvgIpc) is 2.70. The van der Waals surface area contributed by atoms with E-state index in [0.29, 0.717) is 0 Å². The van der Waals surface area contributed by atoms with Crippen LogP contribution in [0.3, 0.4) is 0 Å². The maximum absolute atomic E-state index is 4.08. The first kappa shape index (κ1) is 11.4. The van der Waals surface area contributed by atoms with E-state index in [0.717, 1.165) is 11.0 Å². The zero-order chi connectivity index (χ0) is 9.10. The lowest BCUT2D eigenvalue weighted by molar-refractivity contribution is 0.870. The van der Waals surface area contributed by atoms with Crippen molar-refractivity contribution in [2.24, 2.45) is 0 Å². The van der Waals surface area contributed by atoms with E-state index in [1.807, 2.05) is 18.2 Å². The molecular weight excluding hydrogens is 310 g/mol. The van der Waals surface area contributed by atoms with Gasteiger partial charge in [0.1, 0.15) is 12.7 Å². The quantitative estimate of drug-likeness (QED) is 0.797. The number of halogens is 2. The van der Waals surface area contributed by atoms with E-state index in [2.05, 4.69) is 32.1 Å². The van der Waals surface area contributed by atoms with Crippen LogP contribution in [-0.2, 0) is 5.33 Å². The second-order valence-electron chi connectivity index (χ2n) is 2.60. The zero-order valence-corrected chi connectivity index (χ0v) is 10.6. The van der Waals surface area contributed by atoms with Gasteiger partial charge in [0.25, 0.3) is 0 Å². The highest BCUT2D eigenvalue weighted by Gasteiger charge is 2.01. The van der Waals surface area contributed by atoms with E-state index < -0.39 is 0 Å². The van der Waals surface area contributed by atoms with Gasteiger partial charge in [0.2, 0.25) is 0 Å². The Hall–Kier alpha value is -0.680. The molecule has 1 aromatic heterocycles. The predicted octanol–water partition coefficient (Wildman–Crippen LogP) is 2.74. The summed E-state index contributed by atoms with van der Waals surface area (Å²) in [5, 5.41) is 4.90. The lowest BCUT2D eigenvalue weighted by Gasteiger charge is -2.04. The van der Waals surface area contributed by atoms with Crippen molar-refractivity contribution >= 4 is 32.9 Å². The number of aromatic nitrogens is 3. The van der Waals surface area contributed by atoms with Crippen LogP contribution >= 0.6 is 32.9 Å². The molecule has 1 aromatic carbocycles. The highest BCUT2D eigenvalue weighted by molar-refractivity contribution is 9.08. The third-order valence-electron chi connectivity index (χ3n) is 1.80. The summed E-state index contributed by atoms with van der Waals surface area (Å²) in [7, 11) is 0. The molecule has 0 radical (unpaired) electrons. The minimum Gasteiger partial charge on any atom is -0.223 e. The van der Waals surface area contributed by atoms with Gasteiger partial charge < -0.3 is 0 Å². The number of alkyl halides is 1. The Labute approximate surface area is 101 Å². The smallest absolute Gasteiger partial charge is 0.138 e. The number of hydrogen-bond donors (Lipinski definition) is 0. The summed E-state index contributed by atoms with van der Waals surface area (Å²) in [5.41, 5.74) is 2.27. The van der Waals surface area contributed by atoms with Crippen LogP contribution in [0.15, 0.2) is 36.9 Å².